The number of nitrogens with zero attached hydrogens (tertiary/aromatic N) is 2. The fraction of sp³-hybridized carbons (Fsp3) is 0.556. The van der Waals surface area contributed by atoms with Crippen molar-refractivity contribution in [1.82, 2.24) is 15.2 Å². The van der Waals surface area contributed by atoms with Crippen LogP contribution in [0.1, 0.15) is 19.4 Å². The van der Waals surface area contributed by atoms with Crippen molar-refractivity contribution in [3.63, 3.8) is 0 Å². The smallest absolute Gasteiger partial charge is 0.294 e. The van der Waals surface area contributed by atoms with Crippen molar-refractivity contribution in [3.8, 4) is 0 Å². The van der Waals surface area contributed by atoms with E-state index in [1.165, 1.54) is 0 Å². The number of rotatable bonds is 3. The predicted molar refractivity (Wildman–Crippen MR) is 53.3 cm³/mol. The molecule has 0 unspecified atom stereocenters. The number of hydrazine groups is 1. The first kappa shape index (κ1) is 13.5. The average molecular weight is 250 g/mol. The van der Waals surface area contributed by atoms with Crippen LogP contribution >= 0.6 is 0 Å². The quantitative estimate of drug-likeness (QED) is 0.476. The summed E-state index contributed by atoms with van der Waals surface area (Å²) in [5.74, 6) is 4.51. The van der Waals surface area contributed by atoms with Crippen molar-refractivity contribution in [2.75, 3.05) is 0 Å². The van der Waals surface area contributed by atoms with Crippen LogP contribution in [0.25, 0.3) is 0 Å². The van der Waals surface area contributed by atoms with Crippen molar-refractivity contribution in [2.45, 2.75) is 26.6 Å². The maximum absolute atomic E-state index is 12.3. The molecule has 1 aromatic rings. The number of hydrogen-bond acceptors (Lipinski definition) is 3. The molecule has 0 fully saturated rings. The lowest BCUT2D eigenvalue weighted by Crippen LogP contribution is -2.43. The Bertz CT molecular complexity index is 411. The topological polar surface area (TPSA) is 72.9 Å². The summed E-state index contributed by atoms with van der Waals surface area (Å²) in [5, 5.41) is 3.56. The predicted octanol–water partition coefficient (Wildman–Crippen LogP) is 0.918. The molecule has 5 nitrogen and oxygen atoms in total. The lowest BCUT2D eigenvalue weighted by molar-refractivity contribution is -0.137. The van der Waals surface area contributed by atoms with E-state index < -0.39 is 23.1 Å². The number of carbonyl (C=O) groups excluding carboxylic acids is 1. The summed E-state index contributed by atoms with van der Waals surface area (Å²) in [4.78, 5) is 11.3. The van der Waals surface area contributed by atoms with E-state index in [0.717, 1.165) is 17.1 Å². The van der Waals surface area contributed by atoms with E-state index in [4.69, 9.17) is 5.84 Å². The number of halogens is 3. The highest BCUT2D eigenvalue weighted by Gasteiger charge is 2.33. The Kier molecular flexibility index (Phi) is 3.46. The largest absolute Gasteiger partial charge is 0.419 e. The van der Waals surface area contributed by atoms with Gasteiger partial charge in [-0.15, -0.1) is 0 Å². The molecule has 0 aliphatic carbocycles. The van der Waals surface area contributed by atoms with Crippen LogP contribution in [0.5, 0.6) is 0 Å². The summed E-state index contributed by atoms with van der Waals surface area (Å²) in [6, 6.07) is 0. The number of nitrogens with one attached hydrogen (secondary N) is 1. The molecular weight excluding hydrogens is 237 g/mol. The Labute approximate surface area is 95.7 Å². The van der Waals surface area contributed by atoms with Gasteiger partial charge in [-0.2, -0.15) is 18.3 Å². The van der Waals surface area contributed by atoms with Gasteiger partial charge in [0.15, 0.2) is 0 Å². The number of aromatic nitrogens is 2. The molecule has 0 aromatic carbocycles. The first-order valence-electron chi connectivity index (χ1n) is 4.77. The van der Waals surface area contributed by atoms with Crippen LogP contribution in [-0.2, 0) is 17.5 Å². The van der Waals surface area contributed by atoms with Gasteiger partial charge in [-0.05, 0) is 13.8 Å². The van der Waals surface area contributed by atoms with Gasteiger partial charge in [0, 0.05) is 6.20 Å². The van der Waals surface area contributed by atoms with Gasteiger partial charge in [-0.3, -0.25) is 14.9 Å². The lowest BCUT2D eigenvalue weighted by atomic mass is 9.93. The van der Waals surface area contributed by atoms with Gasteiger partial charge >= 0.3 is 6.18 Å². The van der Waals surface area contributed by atoms with Gasteiger partial charge in [0.25, 0.3) is 0 Å². The first-order chi connectivity index (χ1) is 7.66. The third-order valence-electron chi connectivity index (χ3n) is 2.26. The zero-order chi connectivity index (χ0) is 13.3. The van der Waals surface area contributed by atoms with Crippen LogP contribution in [0.4, 0.5) is 13.2 Å². The van der Waals surface area contributed by atoms with E-state index in [1.54, 1.807) is 13.8 Å². The Balaban J connectivity index is 2.83. The number of alkyl halides is 3. The third kappa shape index (κ3) is 3.19. The van der Waals surface area contributed by atoms with E-state index in [1.807, 2.05) is 5.43 Å². The van der Waals surface area contributed by atoms with Gasteiger partial charge in [0.2, 0.25) is 5.91 Å². The zero-order valence-electron chi connectivity index (χ0n) is 9.38. The molecule has 0 saturated heterocycles. The molecule has 0 radical (unpaired) electrons. The van der Waals surface area contributed by atoms with Crippen LogP contribution in [0.2, 0.25) is 0 Å². The molecular formula is C9H13F3N4O. The maximum atomic E-state index is 12.3. The normalized spacial score (nSPS) is 12.6. The monoisotopic (exact) mass is 250 g/mol. The molecule has 0 spiro atoms. The molecule has 96 valence electrons. The van der Waals surface area contributed by atoms with E-state index in [-0.39, 0.29) is 6.54 Å². The number of hydrogen-bond donors (Lipinski definition) is 2. The zero-order valence-corrected chi connectivity index (χ0v) is 9.38. The van der Waals surface area contributed by atoms with Gasteiger partial charge in [0.05, 0.1) is 23.7 Å². The van der Waals surface area contributed by atoms with Gasteiger partial charge < -0.3 is 0 Å². The highest BCUT2D eigenvalue weighted by atomic mass is 19.4. The number of nitrogens with two attached hydrogens (primary N) is 1. The average Bonchev–Trinajstić information content (AvgIpc) is 2.63. The summed E-state index contributed by atoms with van der Waals surface area (Å²) < 4.78 is 38.0. The van der Waals surface area contributed by atoms with Crippen LogP contribution in [0.15, 0.2) is 12.4 Å². The summed E-state index contributed by atoms with van der Waals surface area (Å²) in [6.07, 6.45) is -2.86. The molecule has 0 aliphatic rings. The van der Waals surface area contributed by atoms with Gasteiger partial charge in [-0.1, -0.05) is 0 Å². The highest BCUT2D eigenvalue weighted by molar-refractivity contribution is 5.81. The summed E-state index contributed by atoms with van der Waals surface area (Å²) >= 11 is 0. The molecule has 1 heterocycles. The molecule has 0 aliphatic heterocycles. The second-order valence-electron chi connectivity index (χ2n) is 4.28. The Hall–Kier alpha value is -1.57. The van der Waals surface area contributed by atoms with E-state index in [0.29, 0.717) is 0 Å². The maximum Gasteiger partial charge on any atom is 0.419 e. The Morgan fingerprint density at radius 3 is 2.53 bits per heavy atom. The molecule has 1 aromatic heterocycles. The van der Waals surface area contributed by atoms with Gasteiger partial charge in [0.1, 0.15) is 0 Å². The van der Waals surface area contributed by atoms with Crippen molar-refractivity contribution < 1.29 is 18.0 Å². The molecule has 0 atom stereocenters. The summed E-state index contributed by atoms with van der Waals surface area (Å²) in [7, 11) is 0. The number of amides is 1. The minimum absolute atomic E-state index is 0.00606. The van der Waals surface area contributed by atoms with Gasteiger partial charge in [-0.25, -0.2) is 5.84 Å². The molecule has 17 heavy (non-hydrogen) atoms. The SMILES string of the molecule is CC(C)(Cn1cc(C(F)(F)F)cn1)C(=O)NN. The lowest BCUT2D eigenvalue weighted by Gasteiger charge is -2.21. The summed E-state index contributed by atoms with van der Waals surface area (Å²) in [5.41, 5.74) is 0.174. The van der Waals surface area contributed by atoms with Crippen molar-refractivity contribution in [2.24, 2.45) is 11.3 Å². The Morgan fingerprint density at radius 2 is 2.12 bits per heavy atom. The molecule has 0 bridgehead atoms. The molecule has 1 amide bonds. The highest BCUT2D eigenvalue weighted by Crippen LogP contribution is 2.29. The van der Waals surface area contributed by atoms with E-state index in [2.05, 4.69) is 5.10 Å². The van der Waals surface area contributed by atoms with E-state index in [9.17, 15) is 18.0 Å². The van der Waals surface area contributed by atoms with Crippen molar-refractivity contribution >= 4 is 5.91 Å². The second-order valence-corrected chi connectivity index (χ2v) is 4.28. The van der Waals surface area contributed by atoms with Crippen molar-refractivity contribution in [3.05, 3.63) is 18.0 Å². The minimum Gasteiger partial charge on any atom is -0.294 e. The van der Waals surface area contributed by atoms with Crippen LogP contribution < -0.4 is 11.3 Å². The molecule has 3 N–H and O–H groups in total. The Morgan fingerprint density at radius 1 is 1.53 bits per heavy atom. The minimum atomic E-state index is -4.43. The fourth-order valence-corrected chi connectivity index (χ4v) is 1.27. The van der Waals surface area contributed by atoms with Crippen molar-refractivity contribution in [1.29, 1.82) is 0 Å². The molecule has 0 saturated carbocycles. The summed E-state index contributed by atoms with van der Waals surface area (Å²) in [6.45, 7) is 3.13. The van der Waals surface area contributed by atoms with Crippen LogP contribution in [0.3, 0.4) is 0 Å². The van der Waals surface area contributed by atoms with E-state index >= 15 is 0 Å². The van der Waals surface area contributed by atoms with Crippen LogP contribution in [-0.4, -0.2) is 15.7 Å². The number of carbonyl (C=O) groups is 1. The molecule has 1 rings (SSSR count). The van der Waals surface area contributed by atoms with Crippen LogP contribution in [0, 0.1) is 5.41 Å². The molecule has 8 heteroatoms. The third-order valence-corrected chi connectivity index (χ3v) is 2.26. The standard InChI is InChI=1S/C9H13F3N4O/c1-8(2,7(17)15-13)5-16-4-6(3-14-16)9(10,11)12/h3-4H,5,13H2,1-2H3,(H,15,17). The fourth-order valence-electron chi connectivity index (χ4n) is 1.27. The second kappa shape index (κ2) is 4.36. The first-order valence-corrected chi connectivity index (χ1v) is 4.77.